The monoisotopic (exact) mass is 491 g/mol. The highest BCUT2D eigenvalue weighted by atomic mass is 32.1. The highest BCUT2D eigenvalue weighted by molar-refractivity contribution is 7.19. The number of azo groups is 1. The molecule has 0 bridgehead atoms. The van der Waals surface area contributed by atoms with Crippen molar-refractivity contribution in [1.29, 1.82) is 5.26 Å². The van der Waals surface area contributed by atoms with Gasteiger partial charge in [-0.05, 0) is 38.5 Å². The fraction of sp³-hybridized carbons (Fsp3) is 0.167. The lowest BCUT2D eigenvalue weighted by Crippen LogP contribution is -2.10. The lowest BCUT2D eigenvalue weighted by atomic mass is 10.1. The van der Waals surface area contributed by atoms with Gasteiger partial charge >= 0.3 is 6.18 Å². The number of hydrogen-bond donors (Lipinski definition) is 0. The van der Waals surface area contributed by atoms with E-state index in [1.807, 2.05) is 19.9 Å². The molecule has 174 valence electrons. The van der Waals surface area contributed by atoms with Gasteiger partial charge in [0.2, 0.25) is 0 Å². The average Bonchev–Trinajstić information content (AvgIpc) is 3.33. The van der Waals surface area contributed by atoms with Gasteiger partial charge in [0, 0.05) is 16.6 Å². The summed E-state index contributed by atoms with van der Waals surface area (Å²) < 4.78 is 42.5. The number of hydrogen-bond acceptors (Lipinski definition) is 7. The van der Waals surface area contributed by atoms with Crippen molar-refractivity contribution in [3.05, 3.63) is 70.0 Å². The number of halogens is 3. The molecule has 0 N–H and O–H groups in total. The van der Waals surface area contributed by atoms with E-state index in [1.54, 1.807) is 37.3 Å². The molecule has 0 aliphatic rings. The predicted molar refractivity (Wildman–Crippen MR) is 126 cm³/mol. The molecule has 0 saturated carbocycles. The van der Waals surface area contributed by atoms with Gasteiger partial charge in [-0.15, -0.1) is 21.6 Å². The summed E-state index contributed by atoms with van der Waals surface area (Å²) in [5, 5.41) is 23.3. The first-order valence-corrected chi connectivity index (χ1v) is 11.2. The molecule has 0 amide bonds. The Morgan fingerprint density at radius 1 is 1.00 bits per heavy atom. The number of alkyl halides is 3. The van der Waals surface area contributed by atoms with Crippen LogP contribution in [-0.2, 0) is 6.18 Å². The molecule has 0 aliphatic heterocycles. The zero-order chi connectivity index (χ0) is 24.9. The highest BCUT2D eigenvalue weighted by Crippen LogP contribution is 2.41. The summed E-state index contributed by atoms with van der Waals surface area (Å²) in [7, 11) is 0. The van der Waals surface area contributed by atoms with Crippen LogP contribution >= 0.6 is 11.3 Å². The molecule has 0 atom stereocenters. The molecule has 0 saturated heterocycles. The van der Waals surface area contributed by atoms with Gasteiger partial charge in [-0.1, -0.05) is 30.3 Å². The van der Waals surface area contributed by atoms with Crippen molar-refractivity contribution in [3.63, 3.8) is 0 Å². The van der Waals surface area contributed by atoms with Crippen LogP contribution in [0.25, 0.3) is 27.1 Å². The Bertz CT molecular complexity index is 1680. The van der Waals surface area contributed by atoms with E-state index < -0.39 is 11.9 Å². The third-order valence-electron chi connectivity index (χ3n) is 5.41. The quantitative estimate of drug-likeness (QED) is 0.249. The van der Waals surface area contributed by atoms with Gasteiger partial charge < -0.3 is 0 Å². The number of fused-ring (bicyclic) bond motifs is 2. The van der Waals surface area contributed by atoms with Crippen LogP contribution in [0.15, 0.2) is 52.7 Å². The number of nitrogens with zero attached hydrogens (tertiary/aromatic N) is 7. The second-order valence-electron chi connectivity index (χ2n) is 7.91. The van der Waals surface area contributed by atoms with Gasteiger partial charge in [0.1, 0.15) is 27.2 Å². The van der Waals surface area contributed by atoms with Gasteiger partial charge in [-0.3, -0.25) is 0 Å². The number of benzene rings is 1. The number of pyridine rings is 1. The molecule has 7 nitrogen and oxygen atoms in total. The minimum atomic E-state index is -4.67. The normalized spacial score (nSPS) is 12.1. The Morgan fingerprint density at radius 2 is 1.71 bits per heavy atom. The van der Waals surface area contributed by atoms with E-state index in [0.717, 1.165) is 17.3 Å². The maximum absolute atomic E-state index is 13.7. The van der Waals surface area contributed by atoms with Crippen LogP contribution < -0.4 is 0 Å². The maximum atomic E-state index is 13.7. The fourth-order valence-electron chi connectivity index (χ4n) is 3.88. The van der Waals surface area contributed by atoms with Crippen LogP contribution in [0.5, 0.6) is 0 Å². The number of thiophene rings is 1. The molecule has 5 rings (SSSR count). The second kappa shape index (κ2) is 8.25. The van der Waals surface area contributed by atoms with Crippen molar-refractivity contribution in [1.82, 2.24) is 19.6 Å². The van der Waals surface area contributed by atoms with Gasteiger partial charge in [-0.2, -0.15) is 23.5 Å². The molecular formula is C24H16F3N7S. The Labute approximate surface area is 201 Å². The van der Waals surface area contributed by atoms with Crippen molar-refractivity contribution in [3.8, 4) is 17.3 Å². The fourth-order valence-corrected chi connectivity index (χ4v) is 4.91. The summed E-state index contributed by atoms with van der Waals surface area (Å²) in [6.07, 6.45) is -4.67. The zero-order valence-electron chi connectivity index (χ0n) is 18.7. The number of aryl methyl sites for hydroxylation is 3. The molecule has 4 aromatic heterocycles. The SMILES string of the molecule is Cc1cc(C)c2c(N=Nc3c(C)nn4c(-c5ccccc5)cc(C(F)(F)F)nc34)c(C#N)sc2n1. The van der Waals surface area contributed by atoms with Gasteiger partial charge in [0.05, 0.1) is 11.4 Å². The van der Waals surface area contributed by atoms with Crippen LogP contribution in [0.1, 0.15) is 27.5 Å². The van der Waals surface area contributed by atoms with E-state index in [0.29, 0.717) is 32.0 Å². The van der Waals surface area contributed by atoms with Crippen LogP contribution in [0, 0.1) is 32.1 Å². The molecule has 1 aromatic carbocycles. The minimum absolute atomic E-state index is 0.0799. The number of rotatable bonds is 3. The topological polar surface area (TPSA) is 91.6 Å². The van der Waals surface area contributed by atoms with E-state index in [2.05, 4.69) is 31.4 Å². The first-order valence-electron chi connectivity index (χ1n) is 10.4. The molecule has 35 heavy (non-hydrogen) atoms. The van der Waals surface area contributed by atoms with Gasteiger partial charge in [0.15, 0.2) is 11.3 Å². The van der Waals surface area contributed by atoms with E-state index in [4.69, 9.17) is 0 Å². The lowest BCUT2D eigenvalue weighted by Gasteiger charge is -2.10. The van der Waals surface area contributed by atoms with Crippen LogP contribution in [0.2, 0.25) is 0 Å². The predicted octanol–water partition coefficient (Wildman–Crippen LogP) is 7.24. The van der Waals surface area contributed by atoms with Crippen molar-refractivity contribution in [2.75, 3.05) is 0 Å². The molecule has 11 heteroatoms. The molecule has 0 unspecified atom stereocenters. The van der Waals surface area contributed by atoms with Gasteiger partial charge in [-0.25, -0.2) is 14.5 Å². The Hall–Kier alpha value is -4.17. The van der Waals surface area contributed by atoms with Crippen molar-refractivity contribution < 1.29 is 13.2 Å². The van der Waals surface area contributed by atoms with Crippen LogP contribution in [-0.4, -0.2) is 19.6 Å². The largest absolute Gasteiger partial charge is 0.433 e. The summed E-state index contributed by atoms with van der Waals surface area (Å²) >= 11 is 1.19. The maximum Gasteiger partial charge on any atom is 0.433 e. The third-order valence-corrected chi connectivity index (χ3v) is 6.38. The first kappa shape index (κ1) is 22.6. The molecule has 0 spiro atoms. The van der Waals surface area contributed by atoms with Crippen molar-refractivity contribution in [2.45, 2.75) is 26.9 Å². The van der Waals surface area contributed by atoms with E-state index in [-0.39, 0.29) is 17.0 Å². The van der Waals surface area contributed by atoms with Crippen LogP contribution in [0.3, 0.4) is 0 Å². The standard InChI is InChI=1S/C24H16F3N7S/c1-12-9-13(2)29-23-19(12)21(17(11-28)35-23)32-31-20-14(3)33-34-16(15-7-5-4-6-8-15)10-18(24(25,26)27)30-22(20)34/h4-10H,1-3H3. The molecule has 4 heterocycles. The van der Waals surface area contributed by atoms with Gasteiger partial charge in [0.25, 0.3) is 0 Å². The van der Waals surface area contributed by atoms with Crippen molar-refractivity contribution >= 4 is 38.6 Å². The summed E-state index contributed by atoms with van der Waals surface area (Å²) in [5.74, 6) is 0. The summed E-state index contributed by atoms with van der Waals surface area (Å²) in [5.41, 5.74) is 2.07. The lowest BCUT2D eigenvalue weighted by molar-refractivity contribution is -0.141. The van der Waals surface area contributed by atoms with E-state index in [9.17, 15) is 18.4 Å². The Balaban J connectivity index is 1.75. The second-order valence-corrected chi connectivity index (χ2v) is 8.91. The smallest absolute Gasteiger partial charge is 0.242 e. The number of aromatic nitrogens is 4. The first-order chi connectivity index (χ1) is 16.7. The van der Waals surface area contributed by atoms with Crippen LogP contribution in [0.4, 0.5) is 24.5 Å². The number of nitriles is 1. The van der Waals surface area contributed by atoms with Crippen molar-refractivity contribution in [2.24, 2.45) is 10.2 Å². The summed E-state index contributed by atoms with van der Waals surface area (Å²) in [6.45, 7) is 5.36. The molecule has 0 fully saturated rings. The third kappa shape index (κ3) is 3.91. The summed E-state index contributed by atoms with van der Waals surface area (Å²) in [4.78, 5) is 9.27. The average molecular weight is 492 g/mol. The molecule has 0 aliphatic carbocycles. The Morgan fingerprint density at radius 3 is 2.40 bits per heavy atom. The minimum Gasteiger partial charge on any atom is -0.242 e. The highest BCUT2D eigenvalue weighted by Gasteiger charge is 2.34. The van der Waals surface area contributed by atoms with E-state index >= 15 is 0 Å². The zero-order valence-corrected chi connectivity index (χ0v) is 19.5. The summed E-state index contributed by atoms with van der Waals surface area (Å²) in [6, 6.07) is 13.6. The molecular weight excluding hydrogens is 475 g/mol. The molecule has 5 aromatic rings. The Kier molecular flexibility index (Phi) is 5.33. The van der Waals surface area contributed by atoms with E-state index in [1.165, 1.54) is 15.9 Å². The molecule has 0 radical (unpaired) electrons.